The third-order valence-corrected chi connectivity index (χ3v) is 5.07. The standard InChI is InChI=1S/C23H24N2O3/c1-27-21-9-4-16(14-22(21)28-2)5-10-23(26)25(19-6-7-19)15-17-3-8-20-18(13-17)11-12-24-20/h3-5,8-14,19,24H,6-7,15H2,1-2H3. The lowest BCUT2D eigenvalue weighted by Gasteiger charge is -2.21. The van der Waals surface area contributed by atoms with Crippen LogP contribution in [0.2, 0.25) is 0 Å². The third-order valence-electron chi connectivity index (χ3n) is 5.07. The molecular formula is C23H24N2O3. The van der Waals surface area contributed by atoms with E-state index in [-0.39, 0.29) is 5.91 Å². The molecule has 2 aromatic carbocycles. The Hall–Kier alpha value is -3.21. The number of hydrogen-bond acceptors (Lipinski definition) is 3. The number of carbonyl (C=O) groups is 1. The van der Waals surface area contributed by atoms with Gasteiger partial charge in [0.05, 0.1) is 14.2 Å². The number of methoxy groups -OCH3 is 2. The second kappa shape index (κ2) is 7.80. The number of aromatic amines is 1. The van der Waals surface area contributed by atoms with Gasteiger partial charge in [-0.2, -0.15) is 0 Å². The summed E-state index contributed by atoms with van der Waals surface area (Å²) in [6.45, 7) is 0.626. The molecule has 0 unspecified atom stereocenters. The lowest BCUT2D eigenvalue weighted by molar-refractivity contribution is -0.127. The average molecular weight is 376 g/mol. The van der Waals surface area contributed by atoms with Crippen molar-refractivity contribution in [2.24, 2.45) is 0 Å². The van der Waals surface area contributed by atoms with Gasteiger partial charge in [0.2, 0.25) is 5.91 Å². The van der Waals surface area contributed by atoms with Crippen LogP contribution >= 0.6 is 0 Å². The first-order valence-electron chi connectivity index (χ1n) is 9.44. The largest absolute Gasteiger partial charge is 0.493 e. The average Bonchev–Trinajstić information content (AvgIpc) is 3.46. The molecule has 1 aliphatic carbocycles. The smallest absolute Gasteiger partial charge is 0.247 e. The van der Waals surface area contributed by atoms with Crippen LogP contribution in [0.3, 0.4) is 0 Å². The lowest BCUT2D eigenvalue weighted by atomic mass is 10.1. The zero-order valence-corrected chi connectivity index (χ0v) is 16.1. The van der Waals surface area contributed by atoms with Gasteiger partial charge in [-0.25, -0.2) is 0 Å². The van der Waals surface area contributed by atoms with Crippen LogP contribution in [0, 0.1) is 0 Å². The molecule has 3 aromatic rings. The number of nitrogens with zero attached hydrogens (tertiary/aromatic N) is 1. The van der Waals surface area contributed by atoms with Gasteiger partial charge in [-0.1, -0.05) is 12.1 Å². The Morgan fingerprint density at radius 1 is 1.11 bits per heavy atom. The monoisotopic (exact) mass is 376 g/mol. The maximum Gasteiger partial charge on any atom is 0.247 e. The van der Waals surface area contributed by atoms with E-state index in [2.05, 4.69) is 29.2 Å². The van der Waals surface area contributed by atoms with Crippen molar-refractivity contribution in [2.75, 3.05) is 14.2 Å². The van der Waals surface area contributed by atoms with Crippen LogP contribution in [0.15, 0.2) is 54.7 Å². The molecule has 0 aliphatic heterocycles. The Morgan fingerprint density at radius 3 is 2.68 bits per heavy atom. The minimum atomic E-state index is 0.0338. The highest BCUT2D eigenvalue weighted by Gasteiger charge is 2.31. The number of rotatable bonds is 7. The Balaban J connectivity index is 1.50. The van der Waals surface area contributed by atoms with Crippen molar-refractivity contribution >= 4 is 22.9 Å². The molecule has 28 heavy (non-hydrogen) atoms. The molecule has 0 bridgehead atoms. The Morgan fingerprint density at radius 2 is 1.93 bits per heavy atom. The maximum atomic E-state index is 12.9. The van der Waals surface area contributed by atoms with E-state index in [1.165, 1.54) is 5.39 Å². The van der Waals surface area contributed by atoms with Gasteiger partial charge in [-0.3, -0.25) is 4.79 Å². The van der Waals surface area contributed by atoms with Gasteiger partial charge in [-0.05, 0) is 65.8 Å². The Labute approximate surface area is 164 Å². The first-order valence-corrected chi connectivity index (χ1v) is 9.44. The zero-order chi connectivity index (χ0) is 19.5. The van der Waals surface area contributed by atoms with Crippen molar-refractivity contribution in [3.05, 3.63) is 65.9 Å². The van der Waals surface area contributed by atoms with E-state index in [1.807, 2.05) is 35.4 Å². The number of benzene rings is 2. The fourth-order valence-electron chi connectivity index (χ4n) is 3.39. The van der Waals surface area contributed by atoms with Gasteiger partial charge >= 0.3 is 0 Å². The number of fused-ring (bicyclic) bond motifs is 1. The van der Waals surface area contributed by atoms with Crippen LogP contribution in [0.5, 0.6) is 11.5 Å². The summed E-state index contributed by atoms with van der Waals surface area (Å²) < 4.78 is 10.6. The number of hydrogen-bond donors (Lipinski definition) is 1. The molecule has 0 radical (unpaired) electrons. The third kappa shape index (κ3) is 3.88. The highest BCUT2D eigenvalue weighted by molar-refractivity contribution is 5.92. The number of nitrogens with one attached hydrogen (secondary N) is 1. The van der Waals surface area contributed by atoms with Crippen molar-refractivity contribution in [3.63, 3.8) is 0 Å². The van der Waals surface area contributed by atoms with E-state index in [1.54, 1.807) is 20.3 Å². The molecule has 1 aromatic heterocycles. The minimum absolute atomic E-state index is 0.0338. The first-order chi connectivity index (χ1) is 13.7. The second-order valence-electron chi connectivity index (χ2n) is 7.04. The molecule has 5 nitrogen and oxygen atoms in total. The van der Waals surface area contributed by atoms with Gasteiger partial charge in [0.1, 0.15) is 0 Å². The van der Waals surface area contributed by atoms with E-state index in [0.29, 0.717) is 24.1 Å². The first kappa shape index (κ1) is 18.2. The van der Waals surface area contributed by atoms with E-state index in [9.17, 15) is 4.79 Å². The summed E-state index contributed by atoms with van der Waals surface area (Å²) in [5.41, 5.74) is 3.16. The molecule has 4 rings (SSSR count). The summed E-state index contributed by atoms with van der Waals surface area (Å²) in [6, 6.07) is 14.3. The molecule has 5 heteroatoms. The normalized spacial score (nSPS) is 13.8. The number of carbonyl (C=O) groups excluding carboxylic acids is 1. The fraction of sp³-hybridized carbons (Fsp3) is 0.261. The highest BCUT2D eigenvalue weighted by Crippen LogP contribution is 2.30. The topological polar surface area (TPSA) is 54.6 Å². The van der Waals surface area contributed by atoms with Gasteiger partial charge in [0.15, 0.2) is 11.5 Å². The number of aromatic nitrogens is 1. The molecular weight excluding hydrogens is 352 g/mol. The van der Waals surface area contributed by atoms with E-state index in [0.717, 1.165) is 29.5 Å². The van der Waals surface area contributed by atoms with E-state index >= 15 is 0 Å². The van der Waals surface area contributed by atoms with Gasteiger partial charge in [0.25, 0.3) is 0 Å². The van der Waals surface area contributed by atoms with Crippen molar-refractivity contribution in [1.82, 2.24) is 9.88 Å². The molecule has 0 atom stereocenters. The summed E-state index contributed by atoms with van der Waals surface area (Å²) in [6.07, 6.45) is 7.55. The summed E-state index contributed by atoms with van der Waals surface area (Å²) in [4.78, 5) is 18.0. The fourth-order valence-corrected chi connectivity index (χ4v) is 3.39. The lowest BCUT2D eigenvalue weighted by Crippen LogP contribution is -2.31. The quantitative estimate of drug-likeness (QED) is 0.622. The second-order valence-corrected chi connectivity index (χ2v) is 7.04. The predicted octanol–water partition coefficient (Wildman–Crippen LogP) is 4.39. The predicted molar refractivity (Wildman–Crippen MR) is 110 cm³/mol. The molecule has 1 heterocycles. The summed E-state index contributed by atoms with van der Waals surface area (Å²) in [5.74, 6) is 1.35. The zero-order valence-electron chi connectivity index (χ0n) is 16.1. The van der Waals surface area contributed by atoms with E-state index < -0.39 is 0 Å². The van der Waals surface area contributed by atoms with Gasteiger partial charge in [0, 0.05) is 30.4 Å². The SMILES string of the molecule is COc1ccc(C=CC(=O)N(Cc2ccc3[nH]ccc3c2)C2CC2)cc1OC. The van der Waals surface area contributed by atoms with Crippen LogP contribution in [0.25, 0.3) is 17.0 Å². The van der Waals surface area contributed by atoms with Gasteiger partial charge in [-0.15, -0.1) is 0 Å². The number of amides is 1. The van der Waals surface area contributed by atoms with Crippen LogP contribution in [-0.4, -0.2) is 36.1 Å². The molecule has 1 fully saturated rings. The number of H-pyrrole nitrogens is 1. The van der Waals surface area contributed by atoms with Crippen LogP contribution in [-0.2, 0) is 11.3 Å². The molecule has 1 amide bonds. The Bertz CT molecular complexity index is 1020. The van der Waals surface area contributed by atoms with Crippen LogP contribution in [0.4, 0.5) is 0 Å². The minimum Gasteiger partial charge on any atom is -0.493 e. The molecule has 0 saturated heterocycles. The van der Waals surface area contributed by atoms with Crippen molar-refractivity contribution in [3.8, 4) is 11.5 Å². The van der Waals surface area contributed by atoms with Crippen LogP contribution in [0.1, 0.15) is 24.0 Å². The number of ether oxygens (including phenoxy) is 2. The molecule has 1 aliphatic rings. The Kier molecular flexibility index (Phi) is 5.06. The van der Waals surface area contributed by atoms with Crippen molar-refractivity contribution in [2.45, 2.75) is 25.4 Å². The van der Waals surface area contributed by atoms with Gasteiger partial charge < -0.3 is 19.4 Å². The molecule has 0 spiro atoms. The summed E-state index contributed by atoms with van der Waals surface area (Å²) >= 11 is 0. The van der Waals surface area contributed by atoms with Crippen LogP contribution < -0.4 is 9.47 Å². The molecule has 1 N–H and O–H groups in total. The maximum absolute atomic E-state index is 12.9. The summed E-state index contributed by atoms with van der Waals surface area (Å²) in [5, 5.41) is 1.17. The van der Waals surface area contributed by atoms with Crippen molar-refractivity contribution in [1.29, 1.82) is 0 Å². The van der Waals surface area contributed by atoms with Crippen molar-refractivity contribution < 1.29 is 14.3 Å². The molecule has 144 valence electrons. The van der Waals surface area contributed by atoms with E-state index in [4.69, 9.17) is 9.47 Å². The molecule has 1 saturated carbocycles. The summed E-state index contributed by atoms with van der Waals surface area (Å²) in [7, 11) is 3.21. The highest BCUT2D eigenvalue weighted by atomic mass is 16.5.